The Labute approximate surface area is 135 Å². The van der Waals surface area contributed by atoms with E-state index in [0.717, 1.165) is 0 Å². The summed E-state index contributed by atoms with van der Waals surface area (Å²) in [4.78, 5) is 12.2. The molecule has 0 saturated carbocycles. The summed E-state index contributed by atoms with van der Waals surface area (Å²) in [6.07, 6.45) is -0.702. The Kier molecular flexibility index (Phi) is 5.52. The van der Waals surface area contributed by atoms with Crippen LogP contribution in [0, 0.1) is 0 Å². The first-order valence-corrected chi connectivity index (χ1v) is 8.87. The fourth-order valence-corrected chi connectivity index (χ4v) is 3.70. The summed E-state index contributed by atoms with van der Waals surface area (Å²) in [7, 11) is -3.65. The van der Waals surface area contributed by atoms with Crippen molar-refractivity contribution in [2.45, 2.75) is 23.7 Å². The lowest BCUT2D eigenvalue weighted by molar-refractivity contribution is 0.0920. The monoisotopic (exact) mass is 333 g/mol. The zero-order valence-electron chi connectivity index (χ0n) is 12.8. The number of aliphatic hydroxyl groups is 1. The van der Waals surface area contributed by atoms with E-state index in [1.165, 1.54) is 12.1 Å². The molecule has 0 radical (unpaired) electrons. The van der Waals surface area contributed by atoms with Crippen LogP contribution in [-0.4, -0.2) is 32.1 Å². The lowest BCUT2D eigenvalue weighted by Crippen LogP contribution is -2.31. The highest BCUT2D eigenvalue weighted by Crippen LogP contribution is 2.20. The number of aliphatic hydroxyl groups excluding tert-OH is 1. The van der Waals surface area contributed by atoms with Crippen LogP contribution in [0.25, 0.3) is 0 Å². The maximum atomic E-state index is 12.6. The third-order valence-corrected chi connectivity index (χ3v) is 4.96. The van der Waals surface area contributed by atoms with Crippen molar-refractivity contribution in [1.29, 1.82) is 0 Å². The lowest BCUT2D eigenvalue weighted by atomic mass is 10.2. The van der Waals surface area contributed by atoms with Gasteiger partial charge in [-0.25, -0.2) is 8.42 Å². The summed E-state index contributed by atoms with van der Waals surface area (Å²) < 4.78 is 25.3. The fraction of sp³-hybridized carbons (Fsp3) is 0.235. The van der Waals surface area contributed by atoms with E-state index in [4.69, 9.17) is 0 Å². The highest BCUT2D eigenvalue weighted by atomic mass is 32.2. The average molecular weight is 333 g/mol. The summed E-state index contributed by atoms with van der Waals surface area (Å²) in [6, 6.07) is 14.9. The molecule has 0 fully saturated rings. The van der Waals surface area contributed by atoms with Crippen molar-refractivity contribution >= 4 is 15.7 Å². The number of rotatable bonds is 6. The van der Waals surface area contributed by atoms with E-state index in [-0.39, 0.29) is 22.8 Å². The number of benzene rings is 2. The molecule has 6 heteroatoms. The van der Waals surface area contributed by atoms with Crippen molar-refractivity contribution in [3.63, 3.8) is 0 Å². The first-order valence-electron chi connectivity index (χ1n) is 7.22. The van der Waals surface area contributed by atoms with Gasteiger partial charge in [0.2, 0.25) is 0 Å². The van der Waals surface area contributed by atoms with E-state index >= 15 is 0 Å². The number of sulfone groups is 1. The second-order valence-electron chi connectivity index (χ2n) is 5.30. The van der Waals surface area contributed by atoms with Crippen molar-refractivity contribution in [2.24, 2.45) is 0 Å². The van der Waals surface area contributed by atoms with Gasteiger partial charge in [-0.1, -0.05) is 42.5 Å². The Morgan fingerprint density at radius 1 is 1.09 bits per heavy atom. The largest absolute Gasteiger partial charge is 0.392 e. The Morgan fingerprint density at radius 2 is 1.70 bits per heavy atom. The van der Waals surface area contributed by atoms with E-state index in [2.05, 4.69) is 5.32 Å². The van der Waals surface area contributed by atoms with Crippen LogP contribution in [-0.2, 0) is 15.6 Å². The Hall–Kier alpha value is -2.18. The minimum absolute atomic E-state index is 0.00746. The molecule has 0 aliphatic carbocycles. The summed E-state index contributed by atoms with van der Waals surface area (Å²) in [5.74, 6) is -0.688. The molecule has 23 heavy (non-hydrogen) atoms. The highest BCUT2D eigenvalue weighted by molar-refractivity contribution is 7.90. The molecule has 0 spiro atoms. The van der Waals surface area contributed by atoms with Crippen LogP contribution < -0.4 is 5.32 Å². The maximum Gasteiger partial charge on any atom is 0.252 e. The quantitative estimate of drug-likeness (QED) is 0.844. The van der Waals surface area contributed by atoms with Crippen LogP contribution in [0.5, 0.6) is 0 Å². The minimum Gasteiger partial charge on any atom is -0.392 e. The van der Waals surface area contributed by atoms with Gasteiger partial charge in [0.25, 0.3) is 5.91 Å². The lowest BCUT2D eigenvalue weighted by Gasteiger charge is -2.12. The van der Waals surface area contributed by atoms with Gasteiger partial charge in [-0.15, -0.1) is 0 Å². The molecular weight excluding hydrogens is 314 g/mol. The molecule has 1 unspecified atom stereocenters. The SMILES string of the molecule is CC(O)CNC(=O)c1ccccc1S(=O)(=O)Cc1ccccc1. The van der Waals surface area contributed by atoms with Crippen molar-refractivity contribution in [3.8, 4) is 0 Å². The molecule has 2 rings (SSSR count). The van der Waals surface area contributed by atoms with Crippen LogP contribution in [0.3, 0.4) is 0 Å². The van der Waals surface area contributed by atoms with E-state index < -0.39 is 21.8 Å². The molecular formula is C17H19NO4S. The predicted molar refractivity (Wildman–Crippen MR) is 87.8 cm³/mol. The molecule has 0 saturated heterocycles. The van der Waals surface area contributed by atoms with E-state index in [9.17, 15) is 18.3 Å². The average Bonchev–Trinajstić information content (AvgIpc) is 2.53. The van der Waals surface area contributed by atoms with E-state index in [0.29, 0.717) is 5.56 Å². The van der Waals surface area contributed by atoms with E-state index in [1.807, 2.05) is 6.07 Å². The number of carbonyl (C=O) groups is 1. The van der Waals surface area contributed by atoms with Gasteiger partial charge in [-0.05, 0) is 24.6 Å². The van der Waals surface area contributed by atoms with Crippen LogP contribution in [0.2, 0.25) is 0 Å². The van der Waals surface area contributed by atoms with Gasteiger partial charge >= 0.3 is 0 Å². The third-order valence-electron chi connectivity index (χ3n) is 3.22. The van der Waals surface area contributed by atoms with Crippen molar-refractivity contribution in [3.05, 3.63) is 65.7 Å². The molecule has 0 bridgehead atoms. The predicted octanol–water partition coefficient (Wildman–Crippen LogP) is 1.77. The normalized spacial score (nSPS) is 12.6. The smallest absolute Gasteiger partial charge is 0.252 e. The number of amides is 1. The van der Waals surface area contributed by atoms with Gasteiger partial charge in [0.05, 0.1) is 22.3 Å². The van der Waals surface area contributed by atoms with Crippen LogP contribution >= 0.6 is 0 Å². The van der Waals surface area contributed by atoms with Crippen molar-refractivity contribution in [1.82, 2.24) is 5.32 Å². The molecule has 2 aromatic carbocycles. The number of carbonyl (C=O) groups excluding carboxylic acids is 1. The van der Waals surface area contributed by atoms with Crippen molar-refractivity contribution in [2.75, 3.05) is 6.54 Å². The molecule has 1 atom stereocenters. The molecule has 0 aliphatic heterocycles. The summed E-state index contributed by atoms with van der Waals surface area (Å²) in [5.41, 5.74) is 0.746. The molecule has 1 amide bonds. The topological polar surface area (TPSA) is 83.5 Å². The van der Waals surface area contributed by atoms with Gasteiger partial charge in [0.15, 0.2) is 9.84 Å². The molecule has 122 valence electrons. The Morgan fingerprint density at radius 3 is 2.35 bits per heavy atom. The second kappa shape index (κ2) is 7.39. The molecule has 0 aromatic heterocycles. The number of nitrogens with one attached hydrogen (secondary N) is 1. The summed E-state index contributed by atoms with van der Waals surface area (Å²) in [5, 5.41) is 11.8. The van der Waals surface area contributed by atoms with Gasteiger partial charge < -0.3 is 10.4 Å². The molecule has 2 N–H and O–H groups in total. The van der Waals surface area contributed by atoms with Gasteiger partial charge in [-0.2, -0.15) is 0 Å². The third kappa shape index (κ3) is 4.64. The maximum absolute atomic E-state index is 12.6. The molecule has 0 aliphatic rings. The fourth-order valence-electron chi connectivity index (χ4n) is 2.13. The summed E-state index contributed by atoms with van der Waals surface area (Å²) >= 11 is 0. The Bertz CT molecular complexity index is 770. The molecule has 5 nitrogen and oxygen atoms in total. The molecule has 0 heterocycles. The van der Waals surface area contributed by atoms with Crippen LogP contribution in [0.4, 0.5) is 0 Å². The zero-order valence-corrected chi connectivity index (χ0v) is 13.6. The standard InChI is InChI=1S/C17H19NO4S/c1-13(19)11-18-17(20)15-9-5-6-10-16(15)23(21,22)12-14-7-3-2-4-8-14/h2-10,13,19H,11-12H2,1H3,(H,18,20). The highest BCUT2D eigenvalue weighted by Gasteiger charge is 2.22. The van der Waals surface area contributed by atoms with Gasteiger partial charge in [0, 0.05) is 6.54 Å². The van der Waals surface area contributed by atoms with Crippen LogP contribution in [0.1, 0.15) is 22.8 Å². The second-order valence-corrected chi connectivity index (χ2v) is 7.26. The minimum atomic E-state index is -3.65. The summed E-state index contributed by atoms with van der Waals surface area (Å²) in [6.45, 7) is 1.60. The molecule has 2 aromatic rings. The zero-order chi connectivity index (χ0) is 16.9. The van der Waals surface area contributed by atoms with Crippen LogP contribution in [0.15, 0.2) is 59.5 Å². The van der Waals surface area contributed by atoms with Gasteiger partial charge in [0.1, 0.15) is 0 Å². The first-order chi connectivity index (χ1) is 10.9. The Balaban J connectivity index is 2.30. The van der Waals surface area contributed by atoms with Crippen molar-refractivity contribution < 1.29 is 18.3 Å². The number of hydrogen-bond donors (Lipinski definition) is 2. The van der Waals surface area contributed by atoms with Gasteiger partial charge in [-0.3, -0.25) is 4.79 Å². The van der Waals surface area contributed by atoms with E-state index in [1.54, 1.807) is 43.3 Å². The number of hydrogen-bond acceptors (Lipinski definition) is 4. The first kappa shape index (κ1) is 17.2.